The fourth-order valence-corrected chi connectivity index (χ4v) is 2.22. The molecule has 0 bridgehead atoms. The molecule has 0 heterocycles. The Morgan fingerprint density at radius 1 is 1.20 bits per heavy atom. The second-order valence-corrected chi connectivity index (χ2v) is 5.40. The number of amides is 1. The fourth-order valence-electron chi connectivity index (χ4n) is 1.80. The SMILES string of the molecule is CC(NC(=O)OCc1ccccc1)c1cccc(Br)c1. The maximum Gasteiger partial charge on any atom is 0.407 e. The zero-order valence-electron chi connectivity index (χ0n) is 11.2. The van der Waals surface area contributed by atoms with E-state index in [1.165, 1.54) is 0 Å². The first kappa shape index (κ1) is 14.6. The predicted octanol–water partition coefficient (Wildman–Crippen LogP) is 4.44. The van der Waals surface area contributed by atoms with Gasteiger partial charge in [0.2, 0.25) is 0 Å². The maximum atomic E-state index is 11.7. The molecule has 0 aliphatic rings. The van der Waals surface area contributed by atoms with E-state index < -0.39 is 6.09 Å². The largest absolute Gasteiger partial charge is 0.445 e. The highest BCUT2D eigenvalue weighted by molar-refractivity contribution is 9.10. The topological polar surface area (TPSA) is 38.3 Å². The lowest BCUT2D eigenvalue weighted by Gasteiger charge is -2.14. The van der Waals surface area contributed by atoms with E-state index in [1.807, 2.05) is 61.5 Å². The van der Waals surface area contributed by atoms with Crippen molar-refractivity contribution in [2.45, 2.75) is 19.6 Å². The molecule has 1 atom stereocenters. The summed E-state index contributed by atoms with van der Waals surface area (Å²) < 4.78 is 6.18. The summed E-state index contributed by atoms with van der Waals surface area (Å²) in [4.78, 5) is 11.7. The Morgan fingerprint density at radius 2 is 1.95 bits per heavy atom. The minimum absolute atomic E-state index is 0.101. The fraction of sp³-hybridized carbons (Fsp3) is 0.188. The van der Waals surface area contributed by atoms with Gasteiger partial charge in [-0.2, -0.15) is 0 Å². The van der Waals surface area contributed by atoms with E-state index in [2.05, 4.69) is 21.2 Å². The van der Waals surface area contributed by atoms with Gasteiger partial charge >= 0.3 is 6.09 Å². The van der Waals surface area contributed by atoms with E-state index in [0.717, 1.165) is 15.6 Å². The van der Waals surface area contributed by atoms with Gasteiger partial charge in [-0.1, -0.05) is 58.4 Å². The number of hydrogen-bond acceptors (Lipinski definition) is 2. The van der Waals surface area contributed by atoms with Crippen LogP contribution in [0.25, 0.3) is 0 Å². The lowest BCUT2D eigenvalue weighted by molar-refractivity contribution is 0.136. The third kappa shape index (κ3) is 4.38. The quantitative estimate of drug-likeness (QED) is 0.898. The van der Waals surface area contributed by atoms with Crippen LogP contribution in [0, 0.1) is 0 Å². The Hall–Kier alpha value is -1.81. The highest BCUT2D eigenvalue weighted by Gasteiger charge is 2.10. The molecule has 0 saturated carbocycles. The molecule has 0 radical (unpaired) electrons. The van der Waals surface area contributed by atoms with Crippen LogP contribution < -0.4 is 5.32 Å². The Bertz CT molecular complexity index is 572. The Balaban J connectivity index is 1.85. The van der Waals surface area contributed by atoms with Gasteiger partial charge in [0.05, 0.1) is 6.04 Å². The van der Waals surface area contributed by atoms with E-state index in [4.69, 9.17) is 4.74 Å². The first-order valence-electron chi connectivity index (χ1n) is 6.38. The van der Waals surface area contributed by atoms with Crippen LogP contribution in [-0.2, 0) is 11.3 Å². The van der Waals surface area contributed by atoms with Crippen molar-refractivity contribution in [3.05, 3.63) is 70.2 Å². The van der Waals surface area contributed by atoms with Crippen molar-refractivity contribution in [3.8, 4) is 0 Å². The van der Waals surface area contributed by atoms with Crippen molar-refractivity contribution in [3.63, 3.8) is 0 Å². The van der Waals surface area contributed by atoms with Gasteiger partial charge in [0.15, 0.2) is 0 Å². The molecular formula is C16H16BrNO2. The second kappa shape index (κ2) is 7.10. The molecule has 20 heavy (non-hydrogen) atoms. The van der Waals surface area contributed by atoms with Gasteiger partial charge in [0.25, 0.3) is 0 Å². The van der Waals surface area contributed by atoms with E-state index >= 15 is 0 Å². The van der Waals surface area contributed by atoms with Gasteiger partial charge in [-0.25, -0.2) is 4.79 Å². The van der Waals surface area contributed by atoms with Crippen molar-refractivity contribution in [2.75, 3.05) is 0 Å². The molecule has 3 nitrogen and oxygen atoms in total. The summed E-state index contributed by atoms with van der Waals surface area (Å²) in [5.74, 6) is 0. The van der Waals surface area contributed by atoms with Crippen LogP contribution in [0.4, 0.5) is 4.79 Å². The molecule has 0 aromatic heterocycles. The molecule has 4 heteroatoms. The minimum Gasteiger partial charge on any atom is -0.445 e. The molecule has 1 unspecified atom stereocenters. The average molecular weight is 334 g/mol. The monoisotopic (exact) mass is 333 g/mol. The Morgan fingerprint density at radius 3 is 2.65 bits per heavy atom. The van der Waals surface area contributed by atoms with Crippen LogP contribution in [-0.4, -0.2) is 6.09 Å². The molecule has 1 amide bonds. The summed E-state index contributed by atoms with van der Waals surface area (Å²) in [7, 11) is 0. The minimum atomic E-state index is -0.415. The third-order valence-electron chi connectivity index (χ3n) is 2.90. The van der Waals surface area contributed by atoms with Crippen LogP contribution in [0.2, 0.25) is 0 Å². The maximum absolute atomic E-state index is 11.7. The van der Waals surface area contributed by atoms with Gasteiger partial charge in [-0.05, 0) is 30.2 Å². The number of alkyl carbamates (subject to hydrolysis) is 1. The van der Waals surface area contributed by atoms with Crippen LogP contribution in [0.15, 0.2) is 59.1 Å². The van der Waals surface area contributed by atoms with Crippen molar-refractivity contribution < 1.29 is 9.53 Å². The molecule has 2 rings (SSSR count). The molecule has 2 aromatic carbocycles. The second-order valence-electron chi connectivity index (χ2n) is 4.48. The number of halogens is 1. The predicted molar refractivity (Wildman–Crippen MR) is 82.3 cm³/mol. The summed E-state index contributed by atoms with van der Waals surface area (Å²) in [6.45, 7) is 2.20. The first-order chi connectivity index (χ1) is 9.65. The number of carbonyl (C=O) groups excluding carboxylic acids is 1. The number of rotatable bonds is 4. The summed E-state index contributed by atoms with van der Waals surface area (Å²) in [5, 5.41) is 2.81. The molecule has 0 saturated heterocycles. The standard InChI is InChI=1S/C16H16BrNO2/c1-12(14-8-5-9-15(17)10-14)18-16(19)20-11-13-6-3-2-4-7-13/h2-10,12H,11H2,1H3,(H,18,19). The zero-order chi connectivity index (χ0) is 14.4. The van der Waals surface area contributed by atoms with E-state index in [1.54, 1.807) is 0 Å². The third-order valence-corrected chi connectivity index (χ3v) is 3.39. The highest BCUT2D eigenvalue weighted by atomic mass is 79.9. The molecular weight excluding hydrogens is 318 g/mol. The number of benzene rings is 2. The first-order valence-corrected chi connectivity index (χ1v) is 7.17. The van der Waals surface area contributed by atoms with Crippen molar-refractivity contribution in [2.24, 2.45) is 0 Å². The van der Waals surface area contributed by atoms with Crippen LogP contribution >= 0.6 is 15.9 Å². The van der Waals surface area contributed by atoms with Crippen LogP contribution in [0.5, 0.6) is 0 Å². The molecule has 2 aromatic rings. The summed E-state index contributed by atoms with van der Waals surface area (Å²) in [6, 6.07) is 17.3. The van der Waals surface area contributed by atoms with Gasteiger partial charge in [-0.3, -0.25) is 0 Å². The van der Waals surface area contributed by atoms with Gasteiger partial charge < -0.3 is 10.1 Å². The molecule has 104 valence electrons. The highest BCUT2D eigenvalue weighted by Crippen LogP contribution is 2.17. The molecule has 0 aliphatic heterocycles. The van der Waals surface area contributed by atoms with Crippen LogP contribution in [0.3, 0.4) is 0 Å². The summed E-state index contributed by atoms with van der Waals surface area (Å²) >= 11 is 3.41. The average Bonchev–Trinajstić information content (AvgIpc) is 2.46. The van der Waals surface area contributed by atoms with Gasteiger partial charge in [-0.15, -0.1) is 0 Å². The zero-order valence-corrected chi connectivity index (χ0v) is 12.8. The van der Waals surface area contributed by atoms with Gasteiger partial charge in [0, 0.05) is 4.47 Å². The molecule has 0 aliphatic carbocycles. The molecule has 0 spiro atoms. The van der Waals surface area contributed by atoms with Crippen molar-refractivity contribution >= 4 is 22.0 Å². The smallest absolute Gasteiger partial charge is 0.407 e. The number of ether oxygens (including phenoxy) is 1. The van der Waals surface area contributed by atoms with Crippen molar-refractivity contribution in [1.29, 1.82) is 0 Å². The lowest BCUT2D eigenvalue weighted by atomic mass is 10.1. The number of hydrogen-bond donors (Lipinski definition) is 1. The number of nitrogens with one attached hydrogen (secondary N) is 1. The Kier molecular flexibility index (Phi) is 5.18. The normalized spacial score (nSPS) is 11.7. The summed E-state index contributed by atoms with van der Waals surface area (Å²) in [5.41, 5.74) is 1.99. The Labute approximate surface area is 127 Å². The summed E-state index contributed by atoms with van der Waals surface area (Å²) in [6.07, 6.45) is -0.415. The van der Waals surface area contributed by atoms with E-state index in [9.17, 15) is 4.79 Å². The van der Waals surface area contributed by atoms with Crippen LogP contribution in [0.1, 0.15) is 24.1 Å². The molecule has 1 N–H and O–H groups in total. The molecule has 0 fully saturated rings. The van der Waals surface area contributed by atoms with Crippen molar-refractivity contribution in [1.82, 2.24) is 5.32 Å². The van der Waals surface area contributed by atoms with E-state index in [-0.39, 0.29) is 12.6 Å². The number of carbonyl (C=O) groups is 1. The van der Waals surface area contributed by atoms with Gasteiger partial charge in [0.1, 0.15) is 6.61 Å². The van der Waals surface area contributed by atoms with E-state index in [0.29, 0.717) is 0 Å². The lowest BCUT2D eigenvalue weighted by Crippen LogP contribution is -2.27.